The summed E-state index contributed by atoms with van der Waals surface area (Å²) in [6.45, 7) is 0.534. The van der Waals surface area contributed by atoms with Crippen molar-refractivity contribution in [2.45, 2.75) is 49.6 Å². The van der Waals surface area contributed by atoms with Crippen LogP contribution in [0.25, 0.3) is 0 Å². The Bertz CT molecular complexity index is 554. The van der Waals surface area contributed by atoms with Gasteiger partial charge < -0.3 is 16.0 Å². The molecule has 0 unspecified atom stereocenters. The van der Waals surface area contributed by atoms with Gasteiger partial charge in [-0.05, 0) is 24.5 Å². The van der Waals surface area contributed by atoms with Gasteiger partial charge in [0.1, 0.15) is 0 Å². The van der Waals surface area contributed by atoms with E-state index in [9.17, 15) is 9.59 Å². The van der Waals surface area contributed by atoms with Gasteiger partial charge in [0.15, 0.2) is 0 Å². The van der Waals surface area contributed by atoms with E-state index in [0.29, 0.717) is 18.2 Å². The van der Waals surface area contributed by atoms with E-state index in [-0.39, 0.29) is 24.0 Å². The van der Waals surface area contributed by atoms with Gasteiger partial charge >= 0.3 is 6.03 Å². The summed E-state index contributed by atoms with van der Waals surface area (Å²) >= 11 is 1.92. The Labute approximate surface area is 140 Å². The first-order valence-corrected chi connectivity index (χ1v) is 9.11. The highest BCUT2D eigenvalue weighted by Gasteiger charge is 2.42. The van der Waals surface area contributed by atoms with E-state index < -0.39 is 0 Å². The maximum absolute atomic E-state index is 11.8. The lowest BCUT2D eigenvalue weighted by Gasteiger charge is -2.16. The number of urea groups is 1. The van der Waals surface area contributed by atoms with Crippen molar-refractivity contribution in [2.75, 3.05) is 5.75 Å². The van der Waals surface area contributed by atoms with Crippen LogP contribution in [0.3, 0.4) is 0 Å². The molecule has 23 heavy (non-hydrogen) atoms. The maximum atomic E-state index is 11.8. The molecule has 0 radical (unpaired) electrons. The van der Waals surface area contributed by atoms with Crippen LogP contribution < -0.4 is 16.0 Å². The third-order valence-electron chi connectivity index (χ3n) is 4.29. The number of hydrogen-bond acceptors (Lipinski definition) is 4. The SMILES string of the molecule is O=C(CCCC[C@@H]1SC[C@H]2NC(=O)N[C@@H]12)NCc1cccnc1. The Balaban J connectivity index is 1.29. The van der Waals surface area contributed by atoms with Gasteiger partial charge in [-0.15, -0.1) is 0 Å². The first kappa shape index (κ1) is 16.1. The molecule has 3 heterocycles. The van der Waals surface area contributed by atoms with Crippen molar-refractivity contribution in [3.8, 4) is 0 Å². The fraction of sp³-hybridized carbons (Fsp3) is 0.562. The van der Waals surface area contributed by atoms with Gasteiger partial charge in [0, 0.05) is 36.4 Å². The summed E-state index contributed by atoms with van der Waals surface area (Å²) in [7, 11) is 0. The molecule has 0 saturated carbocycles. The molecule has 1 aromatic rings. The molecular weight excluding hydrogens is 312 g/mol. The molecule has 124 valence electrons. The summed E-state index contributed by atoms with van der Waals surface area (Å²) < 4.78 is 0. The molecule has 2 fully saturated rings. The standard InChI is InChI=1S/C16H22N4O2S/c21-14(18-9-11-4-3-7-17-8-11)6-2-1-5-13-15-12(10-23-13)19-16(22)20-15/h3-4,7-8,12-13,15H,1-2,5-6,9-10H2,(H,18,21)(H2,19,20,22)/t12-,13+,15-/m1/s1. The Morgan fingerprint density at radius 2 is 2.30 bits per heavy atom. The van der Waals surface area contributed by atoms with Crippen molar-refractivity contribution in [2.24, 2.45) is 0 Å². The Morgan fingerprint density at radius 3 is 3.13 bits per heavy atom. The number of carbonyl (C=O) groups excluding carboxylic acids is 2. The zero-order valence-corrected chi connectivity index (χ0v) is 13.8. The van der Waals surface area contributed by atoms with Crippen LogP contribution in [0, 0.1) is 0 Å². The molecule has 2 aliphatic heterocycles. The fourth-order valence-corrected chi connectivity index (χ4v) is 4.61. The van der Waals surface area contributed by atoms with Gasteiger partial charge in [0.05, 0.1) is 12.1 Å². The minimum Gasteiger partial charge on any atom is -0.352 e. The minimum absolute atomic E-state index is 0.0416. The van der Waals surface area contributed by atoms with E-state index in [1.54, 1.807) is 12.4 Å². The average molecular weight is 334 g/mol. The quantitative estimate of drug-likeness (QED) is 0.520. The van der Waals surface area contributed by atoms with E-state index in [4.69, 9.17) is 0 Å². The summed E-state index contributed by atoms with van der Waals surface area (Å²) in [5.41, 5.74) is 1.01. The largest absolute Gasteiger partial charge is 0.352 e. The lowest BCUT2D eigenvalue weighted by atomic mass is 10.0. The fourth-order valence-electron chi connectivity index (χ4n) is 3.07. The van der Waals surface area contributed by atoms with E-state index >= 15 is 0 Å². The van der Waals surface area contributed by atoms with Gasteiger partial charge in [-0.2, -0.15) is 11.8 Å². The number of unbranched alkanes of at least 4 members (excludes halogenated alkanes) is 1. The number of rotatable bonds is 7. The third-order valence-corrected chi connectivity index (χ3v) is 5.80. The molecule has 0 spiro atoms. The van der Waals surface area contributed by atoms with Gasteiger partial charge in [-0.1, -0.05) is 12.5 Å². The van der Waals surface area contributed by atoms with Gasteiger partial charge in [0.25, 0.3) is 0 Å². The number of hydrogen-bond donors (Lipinski definition) is 3. The molecular formula is C16H22N4O2S. The second-order valence-electron chi connectivity index (χ2n) is 6.01. The highest BCUT2D eigenvalue weighted by atomic mass is 32.2. The Hall–Kier alpha value is -1.76. The van der Waals surface area contributed by atoms with Crippen molar-refractivity contribution in [1.82, 2.24) is 20.9 Å². The van der Waals surface area contributed by atoms with Crippen LogP contribution in [-0.4, -0.2) is 40.0 Å². The van der Waals surface area contributed by atoms with Crippen LogP contribution in [0.2, 0.25) is 0 Å². The smallest absolute Gasteiger partial charge is 0.315 e. The molecule has 3 amide bonds. The number of carbonyl (C=O) groups is 2. The number of amides is 3. The monoisotopic (exact) mass is 334 g/mol. The summed E-state index contributed by atoms with van der Waals surface area (Å²) in [4.78, 5) is 27.2. The zero-order valence-electron chi connectivity index (χ0n) is 13.0. The van der Waals surface area contributed by atoms with Crippen molar-refractivity contribution in [1.29, 1.82) is 0 Å². The Morgan fingerprint density at radius 1 is 1.39 bits per heavy atom. The molecule has 0 aliphatic carbocycles. The first-order valence-electron chi connectivity index (χ1n) is 8.06. The predicted molar refractivity (Wildman–Crippen MR) is 90.0 cm³/mol. The van der Waals surface area contributed by atoms with Crippen LogP contribution in [0.1, 0.15) is 31.2 Å². The third kappa shape index (κ3) is 4.37. The zero-order chi connectivity index (χ0) is 16.1. The van der Waals surface area contributed by atoms with Crippen LogP contribution in [0.5, 0.6) is 0 Å². The molecule has 1 aromatic heterocycles. The van der Waals surface area contributed by atoms with Gasteiger partial charge in [-0.3, -0.25) is 9.78 Å². The lowest BCUT2D eigenvalue weighted by molar-refractivity contribution is -0.121. The molecule has 7 heteroatoms. The molecule has 2 aliphatic rings. The highest BCUT2D eigenvalue weighted by molar-refractivity contribution is 8.00. The van der Waals surface area contributed by atoms with Crippen molar-refractivity contribution >= 4 is 23.7 Å². The summed E-state index contributed by atoms with van der Waals surface area (Å²) in [6.07, 6.45) is 6.98. The van der Waals surface area contributed by atoms with E-state index in [1.165, 1.54) is 0 Å². The van der Waals surface area contributed by atoms with Gasteiger partial charge in [-0.25, -0.2) is 4.79 Å². The highest BCUT2D eigenvalue weighted by Crippen LogP contribution is 2.33. The maximum Gasteiger partial charge on any atom is 0.315 e. The molecule has 3 atom stereocenters. The van der Waals surface area contributed by atoms with Crippen LogP contribution in [0.4, 0.5) is 4.79 Å². The summed E-state index contributed by atoms with van der Waals surface area (Å²) in [5, 5.41) is 9.33. The topological polar surface area (TPSA) is 83.1 Å². The van der Waals surface area contributed by atoms with Crippen molar-refractivity contribution in [3.63, 3.8) is 0 Å². The van der Waals surface area contributed by atoms with Crippen LogP contribution >= 0.6 is 11.8 Å². The number of pyridine rings is 1. The first-order chi connectivity index (χ1) is 11.2. The number of nitrogens with one attached hydrogen (secondary N) is 3. The summed E-state index contributed by atoms with van der Waals surface area (Å²) in [5.74, 6) is 1.07. The molecule has 6 nitrogen and oxygen atoms in total. The van der Waals surface area contributed by atoms with E-state index in [1.807, 2.05) is 23.9 Å². The second-order valence-corrected chi connectivity index (χ2v) is 7.28. The minimum atomic E-state index is -0.0416. The molecule has 2 saturated heterocycles. The molecule has 0 aromatic carbocycles. The van der Waals surface area contributed by atoms with E-state index in [2.05, 4.69) is 20.9 Å². The predicted octanol–water partition coefficient (Wildman–Crippen LogP) is 1.42. The Kier molecular flexibility index (Phi) is 5.38. The molecule has 3 N–H and O–H groups in total. The average Bonchev–Trinajstić information content (AvgIpc) is 3.10. The number of aromatic nitrogens is 1. The van der Waals surface area contributed by atoms with Gasteiger partial charge in [0.2, 0.25) is 5.91 Å². The lowest BCUT2D eigenvalue weighted by Crippen LogP contribution is -2.36. The molecule has 0 bridgehead atoms. The second kappa shape index (κ2) is 7.68. The van der Waals surface area contributed by atoms with Crippen molar-refractivity contribution in [3.05, 3.63) is 30.1 Å². The normalized spacial score (nSPS) is 25.6. The van der Waals surface area contributed by atoms with E-state index in [0.717, 1.165) is 30.6 Å². The van der Waals surface area contributed by atoms with Crippen LogP contribution in [0.15, 0.2) is 24.5 Å². The number of thioether (sulfide) groups is 1. The van der Waals surface area contributed by atoms with Crippen LogP contribution in [-0.2, 0) is 11.3 Å². The number of nitrogens with zero attached hydrogens (tertiary/aromatic N) is 1. The van der Waals surface area contributed by atoms with Crippen molar-refractivity contribution < 1.29 is 9.59 Å². The summed E-state index contributed by atoms with van der Waals surface area (Å²) in [6, 6.07) is 4.31. The number of fused-ring (bicyclic) bond motifs is 1. The molecule has 3 rings (SSSR count).